The van der Waals surface area contributed by atoms with Crippen LogP contribution in [0, 0.1) is 21.4 Å². The first kappa shape index (κ1) is 16.0. The second-order valence-corrected chi connectivity index (χ2v) is 6.10. The number of rotatable bonds is 6. The minimum atomic E-state index is -0.527. The average molecular weight is 334 g/mol. The van der Waals surface area contributed by atoms with Crippen molar-refractivity contribution in [2.45, 2.75) is 4.90 Å². The number of nitriles is 1. The monoisotopic (exact) mass is 334 g/mol. The largest absolute Gasteiger partial charge is 0.461 e. The van der Waals surface area contributed by atoms with Crippen molar-refractivity contribution in [2.24, 2.45) is 0 Å². The minimum Gasteiger partial charge on any atom is -0.461 e. The van der Waals surface area contributed by atoms with Crippen LogP contribution in [0.25, 0.3) is 0 Å². The summed E-state index contributed by atoms with van der Waals surface area (Å²) in [6.45, 7) is 0.151. The number of nitro benzene ring substituents is 1. The van der Waals surface area contributed by atoms with Crippen LogP contribution in [0.2, 0.25) is 0 Å². The van der Waals surface area contributed by atoms with Gasteiger partial charge in [0.05, 0.1) is 21.5 Å². The molecule has 0 bridgehead atoms. The summed E-state index contributed by atoms with van der Waals surface area (Å²) in [4.78, 5) is 23.0. The molecule has 1 aromatic carbocycles. The van der Waals surface area contributed by atoms with Crippen molar-refractivity contribution in [3.8, 4) is 6.07 Å². The van der Waals surface area contributed by atoms with Gasteiger partial charge in [-0.25, -0.2) is 4.79 Å². The first-order chi connectivity index (χ1) is 10.6. The first-order valence-corrected chi connectivity index (χ1v) is 8.00. The number of carbonyl (C=O) groups excluding carboxylic acids is 1. The van der Waals surface area contributed by atoms with Crippen LogP contribution in [-0.4, -0.2) is 23.3 Å². The molecule has 8 heteroatoms. The third kappa shape index (κ3) is 4.07. The molecule has 0 spiro atoms. The quantitative estimate of drug-likeness (QED) is 0.264. The van der Waals surface area contributed by atoms with Crippen molar-refractivity contribution >= 4 is 34.8 Å². The molecule has 0 aliphatic rings. The van der Waals surface area contributed by atoms with E-state index in [2.05, 4.69) is 0 Å². The summed E-state index contributed by atoms with van der Waals surface area (Å²) in [5.41, 5.74) is 0.119. The summed E-state index contributed by atoms with van der Waals surface area (Å²) < 4.78 is 5.08. The number of benzene rings is 1. The second-order valence-electron chi connectivity index (χ2n) is 4.01. The van der Waals surface area contributed by atoms with Gasteiger partial charge in [0.15, 0.2) is 0 Å². The lowest BCUT2D eigenvalue weighted by atomic mass is 10.2. The van der Waals surface area contributed by atoms with Gasteiger partial charge < -0.3 is 4.74 Å². The second kappa shape index (κ2) is 7.59. The maximum absolute atomic E-state index is 11.6. The highest BCUT2D eigenvalue weighted by Gasteiger charge is 2.15. The molecule has 22 heavy (non-hydrogen) atoms. The Labute approximate surface area is 134 Å². The van der Waals surface area contributed by atoms with Gasteiger partial charge in [-0.05, 0) is 23.6 Å². The number of thioether (sulfide) groups is 1. The van der Waals surface area contributed by atoms with Crippen molar-refractivity contribution in [1.82, 2.24) is 0 Å². The fraction of sp³-hybridized carbons (Fsp3) is 0.143. The molecular formula is C14H10N2O4S2. The van der Waals surface area contributed by atoms with Gasteiger partial charge in [-0.1, -0.05) is 6.07 Å². The van der Waals surface area contributed by atoms with Gasteiger partial charge in [0.25, 0.3) is 5.69 Å². The van der Waals surface area contributed by atoms with E-state index in [-0.39, 0.29) is 17.9 Å². The van der Waals surface area contributed by atoms with Gasteiger partial charge >= 0.3 is 5.97 Å². The van der Waals surface area contributed by atoms with Crippen LogP contribution in [0.15, 0.2) is 40.6 Å². The Kier molecular flexibility index (Phi) is 5.52. The molecule has 0 radical (unpaired) electrons. The molecule has 0 saturated heterocycles. The highest BCUT2D eigenvalue weighted by Crippen LogP contribution is 2.29. The van der Waals surface area contributed by atoms with E-state index in [0.717, 1.165) is 0 Å². The van der Waals surface area contributed by atoms with E-state index >= 15 is 0 Å². The van der Waals surface area contributed by atoms with Crippen molar-refractivity contribution in [1.29, 1.82) is 5.26 Å². The molecule has 0 unspecified atom stereocenters. The van der Waals surface area contributed by atoms with Crippen LogP contribution in [0.3, 0.4) is 0 Å². The summed E-state index contributed by atoms with van der Waals surface area (Å²) in [7, 11) is 0. The number of esters is 1. The highest BCUT2D eigenvalue weighted by atomic mass is 32.2. The zero-order valence-corrected chi connectivity index (χ0v) is 12.9. The number of hydrogen-bond donors (Lipinski definition) is 0. The molecule has 0 aliphatic carbocycles. The molecule has 112 valence electrons. The Hall–Kier alpha value is -2.37. The van der Waals surface area contributed by atoms with Crippen LogP contribution in [-0.2, 0) is 4.74 Å². The number of nitro groups is 1. The molecule has 0 aliphatic heterocycles. The zero-order chi connectivity index (χ0) is 15.9. The van der Waals surface area contributed by atoms with Gasteiger partial charge in [0, 0.05) is 11.8 Å². The minimum absolute atomic E-state index is 0.117. The van der Waals surface area contributed by atoms with Gasteiger partial charge in [0.1, 0.15) is 11.5 Å². The number of carbonyl (C=O) groups is 1. The smallest absolute Gasteiger partial charge is 0.348 e. The van der Waals surface area contributed by atoms with E-state index in [4.69, 9.17) is 10.00 Å². The third-order valence-corrected chi connectivity index (χ3v) is 4.46. The Morgan fingerprint density at radius 2 is 2.27 bits per heavy atom. The van der Waals surface area contributed by atoms with Crippen LogP contribution < -0.4 is 0 Å². The van der Waals surface area contributed by atoms with Crippen LogP contribution in [0.5, 0.6) is 0 Å². The summed E-state index contributed by atoms with van der Waals surface area (Å²) in [5.74, 6) is -0.00550. The van der Waals surface area contributed by atoms with E-state index in [9.17, 15) is 14.9 Å². The van der Waals surface area contributed by atoms with Crippen molar-refractivity contribution in [3.05, 3.63) is 56.3 Å². The first-order valence-electron chi connectivity index (χ1n) is 6.14. The third-order valence-electron chi connectivity index (χ3n) is 2.58. The predicted octanol–water partition coefficient (Wildman–Crippen LogP) is 3.48. The average Bonchev–Trinajstić information content (AvgIpc) is 3.05. The van der Waals surface area contributed by atoms with Crippen molar-refractivity contribution in [2.75, 3.05) is 12.4 Å². The summed E-state index contributed by atoms with van der Waals surface area (Å²) in [6, 6.07) is 9.58. The Morgan fingerprint density at radius 1 is 1.45 bits per heavy atom. The molecule has 0 amide bonds. The van der Waals surface area contributed by atoms with Crippen LogP contribution in [0.4, 0.5) is 5.69 Å². The van der Waals surface area contributed by atoms with Crippen molar-refractivity contribution in [3.63, 3.8) is 0 Å². The fourth-order valence-corrected chi connectivity index (χ4v) is 3.05. The topological polar surface area (TPSA) is 93.2 Å². The predicted molar refractivity (Wildman–Crippen MR) is 83.1 cm³/mol. The van der Waals surface area contributed by atoms with Gasteiger partial charge in [-0.2, -0.15) is 5.26 Å². The molecule has 6 nitrogen and oxygen atoms in total. The Balaban J connectivity index is 1.91. The summed E-state index contributed by atoms with van der Waals surface area (Å²) in [6.07, 6.45) is 0. The number of ether oxygens (including phenoxy) is 1. The maximum atomic E-state index is 11.6. The normalized spacial score (nSPS) is 9.95. The summed E-state index contributed by atoms with van der Waals surface area (Å²) >= 11 is 2.50. The zero-order valence-electron chi connectivity index (χ0n) is 11.2. The van der Waals surface area contributed by atoms with E-state index in [1.165, 1.54) is 41.3 Å². The molecule has 1 heterocycles. The molecule has 0 saturated carbocycles. The molecule has 2 aromatic rings. The molecule has 1 aromatic heterocycles. The number of thiophene rings is 1. The van der Waals surface area contributed by atoms with E-state index in [0.29, 0.717) is 15.5 Å². The van der Waals surface area contributed by atoms with Crippen LogP contribution >= 0.6 is 23.1 Å². The van der Waals surface area contributed by atoms with E-state index in [1.54, 1.807) is 17.5 Å². The number of nitrogens with zero attached hydrogens (tertiary/aromatic N) is 2. The number of hydrogen-bond acceptors (Lipinski definition) is 7. The molecule has 0 fully saturated rings. The molecule has 0 N–H and O–H groups in total. The maximum Gasteiger partial charge on any atom is 0.348 e. The fourth-order valence-electron chi connectivity index (χ4n) is 1.60. The lowest BCUT2D eigenvalue weighted by Crippen LogP contribution is -2.06. The van der Waals surface area contributed by atoms with Crippen molar-refractivity contribution < 1.29 is 14.5 Å². The van der Waals surface area contributed by atoms with Gasteiger partial charge in [0.2, 0.25) is 0 Å². The lowest BCUT2D eigenvalue weighted by molar-refractivity contribution is -0.387. The lowest BCUT2D eigenvalue weighted by Gasteiger charge is -2.04. The molecular weight excluding hydrogens is 324 g/mol. The van der Waals surface area contributed by atoms with Crippen LogP contribution in [0.1, 0.15) is 15.2 Å². The molecule has 2 rings (SSSR count). The molecule has 0 atom stereocenters. The van der Waals surface area contributed by atoms with Gasteiger partial charge in [-0.15, -0.1) is 23.1 Å². The highest BCUT2D eigenvalue weighted by molar-refractivity contribution is 7.99. The summed E-state index contributed by atoms with van der Waals surface area (Å²) in [5, 5.41) is 21.5. The van der Waals surface area contributed by atoms with E-state index < -0.39 is 10.9 Å². The van der Waals surface area contributed by atoms with E-state index in [1.807, 2.05) is 6.07 Å². The Bertz CT molecular complexity index is 723. The Morgan fingerprint density at radius 3 is 2.91 bits per heavy atom. The SMILES string of the molecule is N#Cc1ccc(SCCOC(=O)c2cccs2)c([N+](=O)[O-])c1. The van der Waals surface area contributed by atoms with Gasteiger partial charge in [-0.3, -0.25) is 10.1 Å². The standard InChI is InChI=1S/C14H10N2O4S2/c15-9-10-3-4-12(11(8-10)16(18)19)22-7-5-20-14(17)13-2-1-6-21-13/h1-4,6,8H,5,7H2.